The van der Waals surface area contributed by atoms with Crippen LogP contribution in [0, 0.1) is 0 Å². The molecule has 0 aromatic heterocycles. The normalized spacial score (nSPS) is 26.8. The van der Waals surface area contributed by atoms with Gasteiger partial charge in [-0.3, -0.25) is 9.59 Å². The van der Waals surface area contributed by atoms with Gasteiger partial charge in [-0.15, -0.1) is 0 Å². The molecule has 3 saturated heterocycles. The number of ether oxygens (including phenoxy) is 6. The molecule has 594 valence electrons. The smallest absolute Gasteiger partial charge is 0.364 e. The highest BCUT2D eigenvalue weighted by atomic mass is 16.8. The predicted molar refractivity (Wildman–Crippen MR) is 389 cm³/mol. The molecule has 18 atom stereocenters. The van der Waals surface area contributed by atoms with E-state index >= 15 is 0 Å². The van der Waals surface area contributed by atoms with Crippen LogP contribution in [0.25, 0.3) is 0 Å². The number of allylic oxidation sites excluding steroid dienone is 2. The van der Waals surface area contributed by atoms with E-state index in [1.54, 1.807) is 0 Å². The van der Waals surface area contributed by atoms with E-state index in [9.17, 15) is 75.7 Å². The molecule has 0 saturated carbocycles. The first-order chi connectivity index (χ1) is 48.9. The van der Waals surface area contributed by atoms with Crippen LogP contribution < -0.4 is 10.6 Å². The van der Waals surface area contributed by atoms with Crippen molar-refractivity contribution < 1.29 is 104 Å². The second-order valence-electron chi connectivity index (χ2n) is 29.6. The molecule has 23 heteroatoms. The minimum atomic E-state index is -3.08. The highest BCUT2D eigenvalue weighted by molar-refractivity contribution is 5.77. The van der Waals surface area contributed by atoms with Crippen molar-refractivity contribution in [3.63, 3.8) is 0 Å². The molecule has 0 aliphatic carbocycles. The summed E-state index contributed by atoms with van der Waals surface area (Å²) in [5, 5.41) is 136. The number of carbonyl (C=O) groups excluding carboxylic acids is 2. The van der Waals surface area contributed by atoms with Gasteiger partial charge in [-0.1, -0.05) is 283 Å². The SMILES string of the molecule is CCCCCCCCCCCCCC/C=C\CCCCCCCCCCCCCCCCCCCC(=O)NC(COC1OC(CO)C(OC2OC(CO)C(O)C(OC3(C(=O)O)CC(O)C(NC(C)=O)C(C(O)C(O)CO)O3)C2O)C(O)C1O)C(O)CCCCCCCCCCCCCCCC. The first-order valence-corrected chi connectivity index (χ1v) is 40.5. The average Bonchev–Trinajstić information content (AvgIpc) is 0.756. The van der Waals surface area contributed by atoms with Crippen molar-refractivity contribution in [1.82, 2.24) is 10.6 Å². The largest absolute Gasteiger partial charge is 0.477 e. The van der Waals surface area contributed by atoms with Crippen LogP contribution in [-0.4, -0.2) is 215 Å². The lowest BCUT2D eigenvalue weighted by Crippen LogP contribution is -2.70. The number of carboxylic acid groups (broad SMARTS) is 1. The number of rotatable bonds is 64. The van der Waals surface area contributed by atoms with Crippen LogP contribution in [0.5, 0.6) is 0 Å². The molecule has 3 aliphatic heterocycles. The summed E-state index contributed by atoms with van der Waals surface area (Å²) in [5.74, 6) is -6.09. The quantitative estimate of drug-likeness (QED) is 0.0199. The lowest BCUT2D eigenvalue weighted by molar-refractivity contribution is -0.386. The van der Waals surface area contributed by atoms with E-state index in [0.717, 1.165) is 58.3 Å². The molecule has 14 N–H and O–H groups in total. The third-order valence-corrected chi connectivity index (χ3v) is 20.7. The Bertz CT molecular complexity index is 2070. The van der Waals surface area contributed by atoms with Crippen LogP contribution in [0.4, 0.5) is 0 Å². The van der Waals surface area contributed by atoms with Gasteiger partial charge in [-0.05, 0) is 38.5 Å². The average molecular weight is 1450 g/mol. The van der Waals surface area contributed by atoms with Crippen LogP contribution >= 0.6 is 0 Å². The molecule has 3 heterocycles. The lowest BCUT2D eigenvalue weighted by Gasteiger charge is -2.50. The van der Waals surface area contributed by atoms with Gasteiger partial charge in [0, 0.05) is 19.8 Å². The van der Waals surface area contributed by atoms with Crippen molar-refractivity contribution in [2.45, 2.75) is 439 Å². The fourth-order valence-electron chi connectivity index (χ4n) is 14.3. The van der Waals surface area contributed by atoms with Crippen molar-refractivity contribution >= 4 is 17.8 Å². The zero-order chi connectivity index (χ0) is 73.9. The summed E-state index contributed by atoms with van der Waals surface area (Å²) in [6.45, 7) is 2.24. The van der Waals surface area contributed by atoms with Gasteiger partial charge >= 0.3 is 5.97 Å². The topological polar surface area (TPSA) is 373 Å². The highest BCUT2D eigenvalue weighted by Gasteiger charge is 2.60. The third-order valence-electron chi connectivity index (χ3n) is 20.7. The second-order valence-corrected chi connectivity index (χ2v) is 29.6. The Morgan fingerprint density at radius 1 is 0.505 bits per heavy atom. The van der Waals surface area contributed by atoms with Crippen LogP contribution in [0.1, 0.15) is 329 Å². The maximum Gasteiger partial charge on any atom is 0.364 e. The molecule has 0 spiro atoms. The summed E-state index contributed by atoms with van der Waals surface area (Å²) in [4.78, 5) is 38.7. The van der Waals surface area contributed by atoms with Crippen molar-refractivity contribution in [1.29, 1.82) is 0 Å². The van der Waals surface area contributed by atoms with E-state index in [1.165, 1.54) is 225 Å². The van der Waals surface area contributed by atoms with Crippen LogP contribution in [0.15, 0.2) is 12.2 Å². The second kappa shape index (κ2) is 57.6. The summed E-state index contributed by atoms with van der Waals surface area (Å²) in [7, 11) is 0. The molecular weight excluding hydrogens is 1300 g/mol. The van der Waals surface area contributed by atoms with Gasteiger partial charge < -0.3 is 100 Å². The Hall–Kier alpha value is -2.53. The number of amides is 2. The van der Waals surface area contributed by atoms with Crippen molar-refractivity contribution in [3.8, 4) is 0 Å². The van der Waals surface area contributed by atoms with Gasteiger partial charge in [-0.2, -0.15) is 0 Å². The van der Waals surface area contributed by atoms with Gasteiger partial charge in [0.15, 0.2) is 12.6 Å². The molecule has 0 aromatic rings. The number of hydrogen-bond acceptors (Lipinski definition) is 20. The van der Waals surface area contributed by atoms with Gasteiger partial charge in [0.05, 0.1) is 50.7 Å². The fourth-order valence-corrected chi connectivity index (χ4v) is 14.3. The molecule has 2 amide bonds. The number of unbranched alkanes of at least 4 members (excludes halogenated alkanes) is 42. The summed E-state index contributed by atoms with van der Waals surface area (Å²) in [5.41, 5.74) is 0. The molecule has 0 bridgehead atoms. The number of hydrogen-bond donors (Lipinski definition) is 14. The molecule has 3 fully saturated rings. The number of carbonyl (C=O) groups is 3. The maximum absolute atomic E-state index is 13.5. The molecule has 0 aromatic carbocycles. The first kappa shape index (κ1) is 92.7. The van der Waals surface area contributed by atoms with Crippen molar-refractivity contribution in [2.24, 2.45) is 0 Å². The van der Waals surface area contributed by atoms with Crippen LogP contribution in [-0.2, 0) is 42.8 Å². The first-order valence-electron chi connectivity index (χ1n) is 40.5. The summed E-state index contributed by atoms with van der Waals surface area (Å²) in [6, 6.07) is -2.53. The van der Waals surface area contributed by atoms with Crippen LogP contribution in [0.3, 0.4) is 0 Å². The zero-order valence-electron chi connectivity index (χ0n) is 62.8. The molecule has 0 radical (unpaired) electrons. The molecule has 3 rings (SSSR count). The maximum atomic E-state index is 13.5. The van der Waals surface area contributed by atoms with E-state index in [1.807, 2.05) is 0 Å². The number of aliphatic hydroxyl groups is 11. The molecule has 18 unspecified atom stereocenters. The van der Waals surface area contributed by atoms with E-state index < -0.39 is 148 Å². The predicted octanol–water partition coefficient (Wildman–Crippen LogP) is 10.6. The van der Waals surface area contributed by atoms with Gasteiger partial charge in [0.2, 0.25) is 11.8 Å². The van der Waals surface area contributed by atoms with E-state index in [-0.39, 0.29) is 18.9 Å². The Kier molecular flexibility index (Phi) is 52.9. The number of aliphatic hydroxyl groups excluding tert-OH is 11. The standard InChI is InChI=1S/C78H146N2O21/c1-4-6-8-10-12-14-16-18-20-21-22-23-24-25-26-27-28-29-30-31-32-33-34-35-36-37-38-40-42-44-46-48-50-52-65(88)80-59(60(85)51-49-47-45-43-41-39-19-17-15-13-11-9-7-5-2)57-96-75-70(92)69(91)72(64(56-83)98-75)99-76-71(93)74(68(90)63(55-82)97-76)101-78(77(94)95)53-61(86)66(79-58(3)84)73(100-78)67(89)62(87)54-81/h25-26,59-64,66-76,81-83,85-87,89-93H,4-24,27-57H2,1-3H3,(H,79,84)(H,80,88)(H,94,95)/b26-25-. The minimum Gasteiger partial charge on any atom is -0.477 e. The Morgan fingerprint density at radius 2 is 0.921 bits per heavy atom. The van der Waals surface area contributed by atoms with Crippen molar-refractivity contribution in [3.05, 3.63) is 12.2 Å². The van der Waals surface area contributed by atoms with Gasteiger partial charge in [0.1, 0.15) is 67.1 Å². The van der Waals surface area contributed by atoms with Crippen LogP contribution in [0.2, 0.25) is 0 Å². The van der Waals surface area contributed by atoms with Crippen molar-refractivity contribution in [2.75, 3.05) is 26.4 Å². The Morgan fingerprint density at radius 3 is 1.34 bits per heavy atom. The third kappa shape index (κ3) is 38.2. The summed E-state index contributed by atoms with van der Waals surface area (Å²) >= 11 is 0. The van der Waals surface area contributed by atoms with E-state index in [4.69, 9.17) is 28.4 Å². The lowest BCUT2D eigenvalue weighted by atomic mass is 9.88. The zero-order valence-corrected chi connectivity index (χ0v) is 62.8. The summed E-state index contributed by atoms with van der Waals surface area (Å²) < 4.78 is 34.9. The summed E-state index contributed by atoms with van der Waals surface area (Å²) in [6.07, 6.45) is 32.3. The molecule has 101 heavy (non-hydrogen) atoms. The minimum absolute atomic E-state index is 0.227. The molecular formula is C78H146N2O21. The fraction of sp³-hybridized carbons (Fsp3) is 0.936. The molecule has 23 nitrogen and oxygen atoms in total. The van der Waals surface area contributed by atoms with Gasteiger partial charge in [-0.25, -0.2) is 4.79 Å². The highest BCUT2D eigenvalue weighted by Crippen LogP contribution is 2.39. The number of aliphatic carboxylic acids is 1. The van der Waals surface area contributed by atoms with E-state index in [2.05, 4.69) is 36.6 Å². The monoisotopic (exact) mass is 1450 g/mol. The Balaban J connectivity index is 1.44. The van der Waals surface area contributed by atoms with Gasteiger partial charge in [0.25, 0.3) is 5.79 Å². The molecule has 3 aliphatic rings. The number of nitrogens with one attached hydrogen (secondary N) is 2. The number of carboxylic acids is 1. The Labute approximate surface area is 607 Å². The van der Waals surface area contributed by atoms with E-state index in [0.29, 0.717) is 19.3 Å².